The van der Waals surface area contributed by atoms with E-state index in [-0.39, 0.29) is 6.42 Å². The van der Waals surface area contributed by atoms with Gasteiger partial charge in [0, 0.05) is 21.6 Å². The van der Waals surface area contributed by atoms with E-state index in [0.717, 1.165) is 10.9 Å². The number of nitrogens with two attached hydrogens (primary N) is 1. The van der Waals surface area contributed by atoms with Gasteiger partial charge < -0.3 is 20.6 Å². The fourth-order valence-corrected chi connectivity index (χ4v) is 2.15. The van der Waals surface area contributed by atoms with Crippen LogP contribution in [-0.2, 0) is 25.5 Å². The summed E-state index contributed by atoms with van der Waals surface area (Å²) in [6.07, 6.45) is -0.787. The molecule has 0 aliphatic heterocycles. The number of rotatable bonds is 5. The van der Waals surface area contributed by atoms with Crippen molar-refractivity contribution in [2.24, 2.45) is 5.73 Å². The number of ether oxygens (including phenoxy) is 1. The van der Waals surface area contributed by atoms with E-state index in [9.17, 15) is 14.4 Å². The molecule has 0 saturated carbocycles. The number of H-pyrrole nitrogens is 1. The van der Waals surface area contributed by atoms with E-state index < -0.39 is 30.4 Å². The van der Waals surface area contributed by atoms with Crippen LogP contribution >= 0.6 is 11.6 Å². The van der Waals surface area contributed by atoms with E-state index in [2.05, 4.69) is 9.72 Å². The third-order valence-electron chi connectivity index (χ3n) is 2.91. The number of hydrogen-bond donors (Lipinski definition) is 3. The van der Waals surface area contributed by atoms with Gasteiger partial charge in [0.05, 0.1) is 12.8 Å². The van der Waals surface area contributed by atoms with Gasteiger partial charge in [0.15, 0.2) is 0 Å². The predicted octanol–water partition coefficient (Wildman–Crippen LogP) is 1.24. The van der Waals surface area contributed by atoms with Gasteiger partial charge in [-0.2, -0.15) is 0 Å². The van der Waals surface area contributed by atoms with E-state index >= 15 is 0 Å². The van der Waals surface area contributed by atoms with Crippen molar-refractivity contribution in [1.82, 2.24) is 4.98 Å². The number of carbonyl (C=O) groups excluding carboxylic acids is 2. The summed E-state index contributed by atoms with van der Waals surface area (Å²) in [7, 11) is 0. The Hall–Kier alpha value is -2.38. The minimum absolute atomic E-state index is 0.184. The average Bonchev–Trinajstić information content (AvgIpc) is 2.81. The Bertz CT molecular complexity index is 740. The van der Waals surface area contributed by atoms with Crippen molar-refractivity contribution in [3.63, 3.8) is 0 Å². The third kappa shape index (κ3) is 3.84. The first kappa shape index (κ1) is 16.0. The van der Waals surface area contributed by atoms with Gasteiger partial charge >= 0.3 is 17.9 Å². The third-order valence-corrected chi connectivity index (χ3v) is 3.24. The fourth-order valence-electron chi connectivity index (χ4n) is 1.92. The summed E-state index contributed by atoms with van der Waals surface area (Å²) in [5.74, 6) is -3.14. The molecule has 0 fully saturated rings. The molecule has 22 heavy (non-hydrogen) atoms. The molecule has 116 valence electrons. The number of benzene rings is 1. The van der Waals surface area contributed by atoms with Crippen LogP contribution in [0.2, 0.25) is 5.02 Å². The lowest BCUT2D eigenvalue weighted by Crippen LogP contribution is -2.36. The molecule has 0 amide bonds. The van der Waals surface area contributed by atoms with Gasteiger partial charge in [0.1, 0.15) is 6.04 Å². The van der Waals surface area contributed by atoms with Crippen LogP contribution in [0, 0.1) is 0 Å². The van der Waals surface area contributed by atoms with Crippen LogP contribution in [0.3, 0.4) is 0 Å². The molecule has 0 bridgehead atoms. The van der Waals surface area contributed by atoms with Crippen molar-refractivity contribution in [1.29, 1.82) is 0 Å². The van der Waals surface area contributed by atoms with Gasteiger partial charge in [-0.25, -0.2) is 4.79 Å². The first-order chi connectivity index (χ1) is 10.4. The van der Waals surface area contributed by atoms with E-state index in [1.165, 1.54) is 0 Å². The Morgan fingerprint density at radius 2 is 2.09 bits per heavy atom. The van der Waals surface area contributed by atoms with Crippen molar-refractivity contribution in [2.45, 2.75) is 18.9 Å². The number of halogens is 1. The van der Waals surface area contributed by atoms with Crippen molar-refractivity contribution >= 4 is 40.4 Å². The van der Waals surface area contributed by atoms with Gasteiger partial charge in [0.25, 0.3) is 0 Å². The Kier molecular flexibility index (Phi) is 4.79. The number of nitrogens with one attached hydrogen (secondary N) is 1. The van der Waals surface area contributed by atoms with Gasteiger partial charge in [-0.05, 0) is 18.2 Å². The fraction of sp³-hybridized carbons (Fsp3) is 0.214. The molecular weight excluding hydrogens is 312 g/mol. The van der Waals surface area contributed by atoms with Gasteiger partial charge in [-0.15, -0.1) is 0 Å². The normalized spacial score (nSPS) is 12.1. The number of aliphatic carboxylic acids is 1. The lowest BCUT2D eigenvalue weighted by atomic mass is 10.2. The topological polar surface area (TPSA) is 122 Å². The zero-order valence-electron chi connectivity index (χ0n) is 11.3. The highest BCUT2D eigenvalue weighted by atomic mass is 35.5. The largest absolute Gasteiger partial charge is 0.481 e. The molecule has 0 radical (unpaired) electrons. The Morgan fingerprint density at radius 1 is 1.36 bits per heavy atom. The predicted molar refractivity (Wildman–Crippen MR) is 78.3 cm³/mol. The molecule has 2 aromatic rings. The second kappa shape index (κ2) is 6.59. The molecule has 2 rings (SSSR count). The van der Waals surface area contributed by atoms with Crippen LogP contribution < -0.4 is 5.73 Å². The quantitative estimate of drug-likeness (QED) is 0.561. The molecule has 8 heteroatoms. The van der Waals surface area contributed by atoms with Crippen molar-refractivity contribution in [2.75, 3.05) is 0 Å². The Balaban J connectivity index is 2.00. The number of esters is 2. The zero-order valence-corrected chi connectivity index (χ0v) is 12.1. The maximum atomic E-state index is 11.7. The van der Waals surface area contributed by atoms with Gasteiger partial charge in [0.2, 0.25) is 0 Å². The zero-order chi connectivity index (χ0) is 16.3. The summed E-state index contributed by atoms with van der Waals surface area (Å²) in [6, 6.07) is 5.58. The first-order valence-corrected chi connectivity index (χ1v) is 6.72. The van der Waals surface area contributed by atoms with Crippen molar-refractivity contribution in [3.05, 3.63) is 35.0 Å². The number of aromatic nitrogens is 1. The van der Waals surface area contributed by atoms with Crippen LogP contribution in [0.15, 0.2) is 24.3 Å². The molecule has 0 unspecified atom stereocenters. The van der Waals surface area contributed by atoms with Crippen LogP contribution in [0.1, 0.15) is 12.1 Å². The lowest BCUT2D eigenvalue weighted by Gasteiger charge is -2.07. The van der Waals surface area contributed by atoms with Gasteiger partial charge in [-0.1, -0.05) is 17.7 Å². The molecular formula is C14H13ClN2O5. The molecule has 1 aromatic heterocycles. The molecule has 0 spiro atoms. The molecule has 0 aliphatic rings. The Morgan fingerprint density at radius 3 is 2.73 bits per heavy atom. The molecule has 1 atom stereocenters. The first-order valence-electron chi connectivity index (χ1n) is 6.35. The molecule has 4 N–H and O–H groups in total. The number of carboxylic acid groups (broad SMARTS) is 1. The summed E-state index contributed by atoms with van der Waals surface area (Å²) in [4.78, 5) is 36.5. The molecule has 0 aliphatic carbocycles. The second-order valence-corrected chi connectivity index (χ2v) is 5.08. The SMILES string of the molecule is N[C@@H](CC(=O)O)C(=O)OC(=O)Cc1cc2c(Cl)cccc2[nH]1. The van der Waals surface area contributed by atoms with E-state index in [0.29, 0.717) is 10.7 Å². The van der Waals surface area contributed by atoms with Crippen LogP contribution in [-0.4, -0.2) is 34.0 Å². The van der Waals surface area contributed by atoms with Crippen LogP contribution in [0.25, 0.3) is 10.9 Å². The van der Waals surface area contributed by atoms with E-state index in [4.69, 9.17) is 22.4 Å². The summed E-state index contributed by atoms with van der Waals surface area (Å²) in [6.45, 7) is 0. The number of fused-ring (bicyclic) bond motifs is 1. The summed E-state index contributed by atoms with van der Waals surface area (Å²) in [5.41, 5.74) is 6.58. The maximum absolute atomic E-state index is 11.7. The van der Waals surface area contributed by atoms with Gasteiger partial charge in [-0.3, -0.25) is 9.59 Å². The summed E-state index contributed by atoms with van der Waals surface area (Å²) in [5, 5.41) is 9.80. The molecule has 1 aromatic carbocycles. The number of carboxylic acids is 1. The van der Waals surface area contributed by atoms with E-state index in [1.54, 1.807) is 24.3 Å². The lowest BCUT2D eigenvalue weighted by molar-refractivity contribution is -0.161. The van der Waals surface area contributed by atoms with E-state index in [1.807, 2.05) is 0 Å². The number of aromatic amines is 1. The molecule has 1 heterocycles. The minimum atomic E-state index is -1.38. The van der Waals surface area contributed by atoms with Crippen molar-refractivity contribution in [3.8, 4) is 0 Å². The van der Waals surface area contributed by atoms with Crippen molar-refractivity contribution < 1.29 is 24.2 Å². The monoisotopic (exact) mass is 324 g/mol. The highest BCUT2D eigenvalue weighted by Crippen LogP contribution is 2.24. The molecule has 0 saturated heterocycles. The number of carbonyl (C=O) groups is 3. The highest BCUT2D eigenvalue weighted by molar-refractivity contribution is 6.35. The molecule has 7 nitrogen and oxygen atoms in total. The maximum Gasteiger partial charge on any atom is 0.331 e. The van der Waals surface area contributed by atoms with Crippen LogP contribution in [0.5, 0.6) is 0 Å². The van der Waals surface area contributed by atoms with Crippen LogP contribution in [0.4, 0.5) is 0 Å². The average molecular weight is 325 g/mol. The number of hydrogen-bond acceptors (Lipinski definition) is 5. The smallest absolute Gasteiger partial charge is 0.331 e. The summed E-state index contributed by atoms with van der Waals surface area (Å²) >= 11 is 6.02. The highest BCUT2D eigenvalue weighted by Gasteiger charge is 2.22. The Labute approximate surface area is 130 Å². The standard InChI is InChI=1S/C14H13ClN2O5/c15-9-2-1-3-11-8(9)4-7(17-11)5-13(20)22-14(21)10(16)6-12(18)19/h1-4,10,17H,5-6,16H2,(H,18,19)/t10-/m0/s1. The second-order valence-electron chi connectivity index (χ2n) is 4.67. The minimum Gasteiger partial charge on any atom is -0.481 e. The summed E-state index contributed by atoms with van der Waals surface area (Å²) < 4.78 is 4.52.